The molecule has 2 aromatic heterocycles. The molecule has 26 heavy (non-hydrogen) atoms. The van der Waals surface area contributed by atoms with E-state index in [2.05, 4.69) is 15.3 Å². The van der Waals surface area contributed by atoms with Gasteiger partial charge in [-0.2, -0.15) is 0 Å². The molecule has 128 valence electrons. The molecule has 4 rings (SSSR count). The van der Waals surface area contributed by atoms with Crippen LogP contribution in [0.1, 0.15) is 10.5 Å². The Balaban J connectivity index is 1.70. The number of anilines is 2. The second-order valence-corrected chi connectivity index (χ2v) is 5.93. The normalized spacial score (nSPS) is 10.8. The van der Waals surface area contributed by atoms with Gasteiger partial charge in [0.1, 0.15) is 11.4 Å². The number of amides is 1. The Morgan fingerprint density at radius 1 is 1.08 bits per heavy atom. The van der Waals surface area contributed by atoms with Crippen molar-refractivity contribution in [3.63, 3.8) is 0 Å². The summed E-state index contributed by atoms with van der Waals surface area (Å²) in [6.07, 6.45) is 3.42. The number of nitrogens with one attached hydrogen (secondary N) is 2. The van der Waals surface area contributed by atoms with Gasteiger partial charge in [-0.1, -0.05) is 12.1 Å². The number of carbonyl (C=O) groups excluding carboxylic acids is 1. The highest BCUT2D eigenvalue weighted by Crippen LogP contribution is 2.33. The van der Waals surface area contributed by atoms with E-state index in [-0.39, 0.29) is 11.4 Å². The number of primary amides is 1. The summed E-state index contributed by atoms with van der Waals surface area (Å²) in [5.41, 5.74) is 9.74. The van der Waals surface area contributed by atoms with Gasteiger partial charge in [-0.25, -0.2) is 4.98 Å². The lowest BCUT2D eigenvalue weighted by molar-refractivity contribution is 0.0995. The Morgan fingerprint density at radius 2 is 1.96 bits per heavy atom. The maximum atomic E-state index is 11.1. The number of aromatic amines is 1. The molecule has 0 aliphatic heterocycles. The van der Waals surface area contributed by atoms with Crippen LogP contribution in [-0.4, -0.2) is 21.0 Å². The highest BCUT2D eigenvalue weighted by Gasteiger charge is 2.08. The first-order chi connectivity index (χ1) is 12.6. The smallest absolute Gasteiger partial charge is 0.267 e. The van der Waals surface area contributed by atoms with Crippen molar-refractivity contribution in [3.8, 4) is 16.9 Å². The predicted octanol–water partition coefficient (Wildman–Crippen LogP) is 3.78. The molecule has 0 aliphatic carbocycles. The predicted molar refractivity (Wildman–Crippen MR) is 101 cm³/mol. The van der Waals surface area contributed by atoms with Crippen LogP contribution < -0.4 is 11.1 Å². The fourth-order valence-electron chi connectivity index (χ4n) is 2.96. The number of H-pyrrole nitrogens is 1. The number of aromatic hydroxyl groups is 1. The molecule has 0 fully saturated rings. The van der Waals surface area contributed by atoms with E-state index in [9.17, 15) is 9.90 Å². The van der Waals surface area contributed by atoms with E-state index in [4.69, 9.17) is 5.73 Å². The summed E-state index contributed by atoms with van der Waals surface area (Å²) in [7, 11) is 0. The number of carbonyl (C=O) groups is 1. The van der Waals surface area contributed by atoms with Crippen LogP contribution in [0.2, 0.25) is 0 Å². The highest BCUT2D eigenvalue weighted by molar-refractivity contribution is 5.96. The van der Waals surface area contributed by atoms with Crippen molar-refractivity contribution in [3.05, 3.63) is 72.7 Å². The Bertz CT molecular complexity index is 1100. The topological polar surface area (TPSA) is 104 Å². The van der Waals surface area contributed by atoms with E-state index in [1.165, 1.54) is 6.20 Å². The SMILES string of the molecule is NC(=O)c1ccc(Nc2cc(O)cc(-c3cccc4[nH]ccc34)c2)cn1. The fourth-order valence-corrected chi connectivity index (χ4v) is 2.96. The van der Waals surface area contributed by atoms with Crippen molar-refractivity contribution in [2.45, 2.75) is 0 Å². The Morgan fingerprint density at radius 3 is 2.73 bits per heavy atom. The van der Waals surface area contributed by atoms with Gasteiger partial charge in [-0.15, -0.1) is 0 Å². The minimum atomic E-state index is -0.573. The van der Waals surface area contributed by atoms with Gasteiger partial charge in [-0.3, -0.25) is 4.79 Å². The third-order valence-electron chi connectivity index (χ3n) is 4.13. The summed E-state index contributed by atoms with van der Waals surface area (Å²) in [4.78, 5) is 18.3. The lowest BCUT2D eigenvalue weighted by Gasteiger charge is -2.11. The molecule has 0 saturated carbocycles. The van der Waals surface area contributed by atoms with E-state index >= 15 is 0 Å². The third kappa shape index (κ3) is 2.95. The van der Waals surface area contributed by atoms with Crippen LogP contribution in [0.15, 0.2) is 67.0 Å². The highest BCUT2D eigenvalue weighted by atomic mass is 16.3. The number of fused-ring (bicyclic) bond motifs is 1. The molecule has 0 radical (unpaired) electrons. The average Bonchev–Trinajstić information content (AvgIpc) is 3.10. The second-order valence-electron chi connectivity index (χ2n) is 5.93. The van der Waals surface area contributed by atoms with E-state index in [1.807, 2.05) is 36.5 Å². The molecule has 5 N–H and O–H groups in total. The third-order valence-corrected chi connectivity index (χ3v) is 4.13. The summed E-state index contributed by atoms with van der Waals surface area (Å²) in [6, 6.07) is 16.6. The molecular weight excluding hydrogens is 328 g/mol. The van der Waals surface area contributed by atoms with Gasteiger partial charge in [0, 0.05) is 28.9 Å². The lowest BCUT2D eigenvalue weighted by atomic mass is 10.0. The van der Waals surface area contributed by atoms with Crippen molar-refractivity contribution < 1.29 is 9.90 Å². The van der Waals surface area contributed by atoms with Gasteiger partial charge in [0.15, 0.2) is 0 Å². The molecule has 2 aromatic carbocycles. The van der Waals surface area contributed by atoms with Crippen molar-refractivity contribution in [2.75, 3.05) is 5.32 Å². The van der Waals surface area contributed by atoms with Gasteiger partial charge >= 0.3 is 0 Å². The Labute approximate surface area is 149 Å². The van der Waals surface area contributed by atoms with E-state index in [0.29, 0.717) is 11.4 Å². The van der Waals surface area contributed by atoms with Crippen LogP contribution in [0.3, 0.4) is 0 Å². The number of pyridine rings is 1. The van der Waals surface area contributed by atoms with Crippen molar-refractivity contribution in [1.82, 2.24) is 9.97 Å². The maximum absolute atomic E-state index is 11.1. The minimum Gasteiger partial charge on any atom is -0.508 e. The summed E-state index contributed by atoms with van der Waals surface area (Å²) >= 11 is 0. The number of phenols is 1. The molecule has 0 spiro atoms. The molecule has 0 saturated heterocycles. The van der Waals surface area contributed by atoms with Crippen LogP contribution in [0.4, 0.5) is 11.4 Å². The molecule has 0 bridgehead atoms. The number of hydrogen-bond donors (Lipinski definition) is 4. The van der Waals surface area contributed by atoms with Gasteiger partial charge in [0.05, 0.1) is 11.9 Å². The molecule has 0 atom stereocenters. The lowest BCUT2D eigenvalue weighted by Crippen LogP contribution is -2.12. The number of nitrogens with zero attached hydrogens (tertiary/aromatic N) is 1. The molecule has 2 heterocycles. The number of hydrogen-bond acceptors (Lipinski definition) is 4. The van der Waals surface area contributed by atoms with Crippen LogP contribution in [-0.2, 0) is 0 Å². The minimum absolute atomic E-state index is 0.152. The van der Waals surface area contributed by atoms with Crippen LogP contribution in [0.5, 0.6) is 5.75 Å². The van der Waals surface area contributed by atoms with E-state index < -0.39 is 5.91 Å². The van der Waals surface area contributed by atoms with Crippen molar-refractivity contribution >= 4 is 28.2 Å². The quantitative estimate of drug-likeness (QED) is 0.452. The Hall–Kier alpha value is -3.80. The van der Waals surface area contributed by atoms with Crippen LogP contribution >= 0.6 is 0 Å². The van der Waals surface area contributed by atoms with Gasteiger partial charge in [0.25, 0.3) is 5.91 Å². The summed E-state index contributed by atoms with van der Waals surface area (Å²) in [5, 5.41) is 14.4. The molecule has 4 aromatic rings. The van der Waals surface area contributed by atoms with E-state index in [1.54, 1.807) is 24.3 Å². The summed E-state index contributed by atoms with van der Waals surface area (Å²) < 4.78 is 0. The van der Waals surface area contributed by atoms with Crippen molar-refractivity contribution in [2.24, 2.45) is 5.73 Å². The number of aromatic nitrogens is 2. The standard InChI is InChI=1S/C20H16N4O2/c21-20(26)19-5-4-13(11-23-19)24-14-8-12(9-15(25)10-14)16-2-1-3-18-17(16)6-7-22-18/h1-11,22,24-25H,(H2,21,26). The van der Waals surface area contributed by atoms with Crippen LogP contribution in [0, 0.1) is 0 Å². The summed E-state index contributed by atoms with van der Waals surface area (Å²) in [5.74, 6) is -0.421. The maximum Gasteiger partial charge on any atom is 0.267 e. The molecule has 0 unspecified atom stereocenters. The summed E-state index contributed by atoms with van der Waals surface area (Å²) in [6.45, 7) is 0. The number of phenolic OH excluding ortho intramolecular Hbond substituents is 1. The zero-order chi connectivity index (χ0) is 18.1. The molecule has 0 aliphatic rings. The monoisotopic (exact) mass is 344 g/mol. The molecule has 6 nitrogen and oxygen atoms in total. The number of rotatable bonds is 4. The van der Waals surface area contributed by atoms with Gasteiger partial charge in [-0.05, 0) is 47.5 Å². The molecular formula is C20H16N4O2. The first kappa shape index (κ1) is 15.7. The molecule has 1 amide bonds. The fraction of sp³-hybridized carbons (Fsp3) is 0. The molecule has 6 heteroatoms. The van der Waals surface area contributed by atoms with E-state index in [0.717, 1.165) is 22.0 Å². The largest absolute Gasteiger partial charge is 0.508 e. The zero-order valence-electron chi connectivity index (χ0n) is 13.7. The second kappa shape index (κ2) is 6.25. The van der Waals surface area contributed by atoms with Crippen LogP contribution in [0.25, 0.3) is 22.0 Å². The first-order valence-corrected chi connectivity index (χ1v) is 8.03. The average molecular weight is 344 g/mol. The first-order valence-electron chi connectivity index (χ1n) is 8.03. The number of benzene rings is 2. The Kier molecular flexibility index (Phi) is 3.78. The van der Waals surface area contributed by atoms with Gasteiger partial charge < -0.3 is 21.1 Å². The number of nitrogens with two attached hydrogens (primary N) is 1. The van der Waals surface area contributed by atoms with Crippen molar-refractivity contribution in [1.29, 1.82) is 0 Å². The van der Waals surface area contributed by atoms with Gasteiger partial charge in [0.2, 0.25) is 0 Å². The zero-order valence-corrected chi connectivity index (χ0v) is 13.7.